The lowest BCUT2D eigenvalue weighted by Crippen LogP contribution is -2.47. The maximum absolute atomic E-state index is 12.7. The van der Waals surface area contributed by atoms with Gasteiger partial charge in [0, 0.05) is 12.1 Å². The van der Waals surface area contributed by atoms with Gasteiger partial charge in [-0.2, -0.15) is 0 Å². The second kappa shape index (κ2) is 8.34. The summed E-state index contributed by atoms with van der Waals surface area (Å²) in [4.78, 5) is 14.6. The Morgan fingerprint density at radius 2 is 2.00 bits per heavy atom. The van der Waals surface area contributed by atoms with E-state index >= 15 is 0 Å². The average molecular weight is 415 g/mol. The first-order valence-electron chi connectivity index (χ1n) is 10.1. The molecule has 0 radical (unpaired) electrons. The van der Waals surface area contributed by atoms with E-state index in [9.17, 15) is 9.90 Å². The number of halogens is 1. The Labute approximate surface area is 176 Å². The summed E-state index contributed by atoms with van der Waals surface area (Å²) in [6, 6.07) is 14.1. The number of methoxy groups -OCH3 is 1. The van der Waals surface area contributed by atoms with Gasteiger partial charge in [0.15, 0.2) is 0 Å². The molecule has 1 aliphatic heterocycles. The first kappa shape index (κ1) is 20.2. The maximum atomic E-state index is 12.7. The Kier molecular flexibility index (Phi) is 5.81. The van der Waals surface area contributed by atoms with Crippen LogP contribution in [0.25, 0.3) is 0 Å². The summed E-state index contributed by atoms with van der Waals surface area (Å²) in [5, 5.41) is 13.6. The summed E-state index contributed by atoms with van der Waals surface area (Å²) in [6.07, 6.45) is 2.32. The fourth-order valence-electron chi connectivity index (χ4n) is 4.20. The van der Waals surface area contributed by atoms with Gasteiger partial charge in [0.2, 0.25) is 5.91 Å². The molecule has 6 heteroatoms. The highest BCUT2D eigenvalue weighted by molar-refractivity contribution is 6.27. The lowest BCUT2D eigenvalue weighted by Gasteiger charge is -2.42. The van der Waals surface area contributed by atoms with E-state index in [0.717, 1.165) is 41.7 Å². The van der Waals surface area contributed by atoms with Gasteiger partial charge in [0.1, 0.15) is 17.9 Å². The fourth-order valence-corrected chi connectivity index (χ4v) is 4.34. The number of benzene rings is 2. The Balaban J connectivity index is 1.70. The Hall–Kier alpha value is -2.08. The number of hydrogen-bond acceptors (Lipinski definition) is 4. The van der Waals surface area contributed by atoms with Gasteiger partial charge >= 0.3 is 0 Å². The lowest BCUT2D eigenvalue weighted by atomic mass is 9.84. The van der Waals surface area contributed by atoms with E-state index in [1.807, 2.05) is 41.3 Å². The van der Waals surface area contributed by atoms with Crippen LogP contribution in [0.5, 0.6) is 5.75 Å². The standard InChI is InChI=1S/C23H27ClN2O3/c1-14-11-17-12-19(29-2)9-10-20(17)22(26(14)21(27)13-24)15-3-5-16(6-4-15)23(28)25-18-7-8-18/h3-6,9-10,12,14,18,22-23,25,28H,7-8,11,13H2,1-2H3/t14-,22+,23?/m0/s1. The molecule has 0 aromatic heterocycles. The summed E-state index contributed by atoms with van der Waals surface area (Å²) in [5.74, 6) is 0.690. The van der Waals surface area contributed by atoms with E-state index in [0.29, 0.717) is 6.04 Å². The highest BCUT2D eigenvalue weighted by Gasteiger charge is 2.36. The molecule has 2 aromatic carbocycles. The zero-order valence-electron chi connectivity index (χ0n) is 16.8. The number of amides is 1. The SMILES string of the molecule is COc1ccc2c(c1)C[C@H](C)N(C(=O)CCl)[C@@H]2c1ccc(C(O)NC2CC2)cc1. The van der Waals surface area contributed by atoms with Crippen molar-refractivity contribution in [2.24, 2.45) is 0 Å². The van der Waals surface area contributed by atoms with Crippen molar-refractivity contribution in [3.05, 3.63) is 64.7 Å². The summed E-state index contributed by atoms with van der Waals surface area (Å²) in [5.41, 5.74) is 4.10. The third-order valence-corrected chi connectivity index (χ3v) is 6.08. The summed E-state index contributed by atoms with van der Waals surface area (Å²) in [7, 11) is 1.66. The number of rotatable bonds is 6. The first-order valence-corrected chi connectivity index (χ1v) is 10.6. The van der Waals surface area contributed by atoms with Crippen molar-refractivity contribution < 1.29 is 14.6 Å². The third-order valence-electron chi connectivity index (χ3n) is 5.85. The predicted octanol–water partition coefficient (Wildman–Crippen LogP) is 3.54. The molecule has 3 atom stereocenters. The van der Waals surface area contributed by atoms with Crippen molar-refractivity contribution in [1.29, 1.82) is 0 Å². The largest absolute Gasteiger partial charge is 0.497 e. The zero-order valence-corrected chi connectivity index (χ0v) is 17.5. The van der Waals surface area contributed by atoms with Crippen molar-refractivity contribution in [1.82, 2.24) is 10.2 Å². The smallest absolute Gasteiger partial charge is 0.238 e. The highest BCUT2D eigenvalue weighted by atomic mass is 35.5. The Morgan fingerprint density at radius 3 is 2.62 bits per heavy atom. The monoisotopic (exact) mass is 414 g/mol. The second-order valence-electron chi connectivity index (χ2n) is 7.97. The van der Waals surface area contributed by atoms with Crippen LogP contribution >= 0.6 is 11.6 Å². The van der Waals surface area contributed by atoms with Crippen LogP contribution in [0.15, 0.2) is 42.5 Å². The molecule has 1 heterocycles. The minimum absolute atomic E-state index is 0.0210. The van der Waals surface area contributed by atoms with Gasteiger partial charge in [-0.1, -0.05) is 30.3 Å². The van der Waals surface area contributed by atoms with E-state index in [1.165, 1.54) is 5.56 Å². The van der Waals surface area contributed by atoms with Crippen LogP contribution in [0.4, 0.5) is 0 Å². The van der Waals surface area contributed by atoms with Gasteiger partial charge in [0.05, 0.1) is 13.2 Å². The van der Waals surface area contributed by atoms with Crippen LogP contribution in [0.3, 0.4) is 0 Å². The van der Waals surface area contributed by atoms with Gasteiger partial charge in [-0.3, -0.25) is 10.1 Å². The molecule has 154 valence electrons. The van der Waals surface area contributed by atoms with Gasteiger partial charge in [-0.25, -0.2) is 0 Å². The molecule has 1 aliphatic carbocycles. The van der Waals surface area contributed by atoms with E-state index in [4.69, 9.17) is 16.3 Å². The van der Waals surface area contributed by atoms with Crippen molar-refractivity contribution in [3.63, 3.8) is 0 Å². The minimum Gasteiger partial charge on any atom is -0.497 e. The van der Waals surface area contributed by atoms with Gasteiger partial charge < -0.3 is 14.7 Å². The topological polar surface area (TPSA) is 61.8 Å². The lowest BCUT2D eigenvalue weighted by molar-refractivity contribution is -0.132. The number of nitrogens with one attached hydrogen (secondary N) is 1. The molecule has 1 amide bonds. The Bertz CT molecular complexity index is 882. The molecular weight excluding hydrogens is 388 g/mol. The van der Waals surface area contributed by atoms with Crippen LogP contribution in [0.1, 0.15) is 54.3 Å². The van der Waals surface area contributed by atoms with Crippen LogP contribution in [0.2, 0.25) is 0 Å². The molecule has 1 unspecified atom stereocenters. The van der Waals surface area contributed by atoms with Crippen LogP contribution < -0.4 is 10.1 Å². The summed E-state index contributed by atoms with van der Waals surface area (Å²) in [6.45, 7) is 2.05. The molecule has 2 N–H and O–H groups in total. The molecule has 5 nitrogen and oxygen atoms in total. The van der Waals surface area contributed by atoms with E-state index < -0.39 is 6.23 Å². The molecule has 2 aliphatic rings. The molecule has 0 spiro atoms. The van der Waals surface area contributed by atoms with Crippen LogP contribution in [-0.2, 0) is 11.2 Å². The molecule has 0 saturated heterocycles. The molecule has 1 saturated carbocycles. The number of hydrogen-bond donors (Lipinski definition) is 2. The van der Waals surface area contributed by atoms with E-state index in [1.54, 1.807) is 7.11 Å². The molecular formula is C23H27ClN2O3. The highest BCUT2D eigenvalue weighted by Crippen LogP contribution is 2.39. The Morgan fingerprint density at radius 1 is 1.28 bits per heavy atom. The van der Waals surface area contributed by atoms with Gasteiger partial charge in [-0.05, 0) is 60.6 Å². The van der Waals surface area contributed by atoms with Crippen molar-refractivity contribution in [3.8, 4) is 5.75 Å². The summed E-state index contributed by atoms with van der Waals surface area (Å²) >= 11 is 5.95. The number of alkyl halides is 1. The van der Waals surface area contributed by atoms with E-state index in [2.05, 4.69) is 18.3 Å². The van der Waals surface area contributed by atoms with Gasteiger partial charge in [0.25, 0.3) is 0 Å². The second-order valence-corrected chi connectivity index (χ2v) is 8.23. The number of aliphatic hydroxyl groups excluding tert-OH is 1. The third kappa shape index (κ3) is 4.13. The maximum Gasteiger partial charge on any atom is 0.238 e. The number of nitrogens with zero attached hydrogens (tertiary/aromatic N) is 1. The molecule has 1 fully saturated rings. The zero-order chi connectivity index (χ0) is 20.5. The number of aliphatic hydroxyl groups is 1. The fraction of sp³-hybridized carbons (Fsp3) is 0.435. The van der Waals surface area contributed by atoms with Crippen LogP contribution in [-0.4, -0.2) is 41.0 Å². The molecule has 29 heavy (non-hydrogen) atoms. The van der Waals surface area contributed by atoms with Crippen LogP contribution in [0, 0.1) is 0 Å². The normalized spacial score (nSPS) is 22.1. The van der Waals surface area contributed by atoms with Crippen molar-refractivity contribution >= 4 is 17.5 Å². The number of carbonyl (C=O) groups excluding carboxylic acids is 1. The number of ether oxygens (including phenoxy) is 1. The first-order chi connectivity index (χ1) is 14.0. The molecule has 2 aromatic rings. The predicted molar refractivity (Wildman–Crippen MR) is 113 cm³/mol. The number of carbonyl (C=O) groups is 1. The quantitative estimate of drug-likeness (QED) is 0.560. The molecule has 0 bridgehead atoms. The minimum atomic E-state index is -0.668. The van der Waals surface area contributed by atoms with Crippen molar-refractivity contribution in [2.75, 3.05) is 13.0 Å². The summed E-state index contributed by atoms with van der Waals surface area (Å²) < 4.78 is 5.39. The average Bonchev–Trinajstić information content (AvgIpc) is 3.55. The number of fused-ring (bicyclic) bond motifs is 1. The molecule has 4 rings (SSSR count). The van der Waals surface area contributed by atoms with Crippen molar-refractivity contribution in [2.45, 2.75) is 50.5 Å². The van der Waals surface area contributed by atoms with Gasteiger partial charge in [-0.15, -0.1) is 11.6 Å². The van der Waals surface area contributed by atoms with E-state index in [-0.39, 0.29) is 23.9 Å².